The van der Waals surface area contributed by atoms with E-state index in [9.17, 15) is 9.59 Å². The number of hydrogen-bond acceptors (Lipinski definition) is 4. The third-order valence-electron chi connectivity index (χ3n) is 3.83. The minimum atomic E-state index is -0.410. The molecule has 2 amide bonds. The van der Waals surface area contributed by atoms with Gasteiger partial charge in [-0.05, 0) is 42.7 Å². The molecule has 0 aliphatic carbocycles. The summed E-state index contributed by atoms with van der Waals surface area (Å²) in [5, 5.41) is 6.78. The molecular formula is C20H24N4O2. The lowest BCUT2D eigenvalue weighted by Gasteiger charge is -2.08. The Balaban J connectivity index is 1.89. The molecule has 0 bridgehead atoms. The zero-order valence-corrected chi connectivity index (χ0v) is 15.2. The molecule has 0 radical (unpaired) electrons. The van der Waals surface area contributed by atoms with E-state index in [1.807, 2.05) is 24.3 Å². The smallest absolute Gasteiger partial charge is 0.273 e. The first kappa shape index (κ1) is 19.2. The molecule has 6 nitrogen and oxygen atoms in total. The quantitative estimate of drug-likeness (QED) is 0.421. The first-order valence-corrected chi connectivity index (χ1v) is 8.44. The van der Waals surface area contributed by atoms with Crippen LogP contribution in [0.3, 0.4) is 0 Å². The maximum atomic E-state index is 12.1. The van der Waals surface area contributed by atoms with Crippen LogP contribution in [0.25, 0.3) is 0 Å². The highest BCUT2D eigenvalue weighted by molar-refractivity contribution is 6.06. The topological polar surface area (TPSA) is 96.6 Å². The summed E-state index contributed by atoms with van der Waals surface area (Å²) in [6.07, 6.45) is 0.0798. The maximum Gasteiger partial charge on any atom is 0.273 e. The van der Waals surface area contributed by atoms with E-state index in [0.717, 1.165) is 5.69 Å². The fourth-order valence-electron chi connectivity index (χ4n) is 2.34. The largest absolute Gasteiger partial charge is 0.398 e. The van der Waals surface area contributed by atoms with Crippen LogP contribution in [0.15, 0.2) is 53.6 Å². The molecule has 4 N–H and O–H groups in total. The molecule has 0 unspecified atom stereocenters. The van der Waals surface area contributed by atoms with Gasteiger partial charge in [0.05, 0.1) is 12.0 Å². The number of carbonyl (C=O) groups excluding carboxylic acids is 2. The highest BCUT2D eigenvalue weighted by Gasteiger charge is 2.09. The zero-order valence-electron chi connectivity index (χ0n) is 15.2. The van der Waals surface area contributed by atoms with E-state index in [4.69, 9.17) is 5.73 Å². The van der Waals surface area contributed by atoms with Crippen molar-refractivity contribution in [3.63, 3.8) is 0 Å². The van der Waals surface area contributed by atoms with Gasteiger partial charge in [0.15, 0.2) is 0 Å². The number of amides is 2. The number of benzene rings is 2. The maximum absolute atomic E-state index is 12.1. The summed E-state index contributed by atoms with van der Waals surface area (Å²) in [4.78, 5) is 24.1. The van der Waals surface area contributed by atoms with Gasteiger partial charge in [-0.15, -0.1) is 0 Å². The Kier molecular flexibility index (Phi) is 6.49. The fraction of sp³-hybridized carbons (Fsp3) is 0.250. The van der Waals surface area contributed by atoms with Crippen molar-refractivity contribution in [2.75, 3.05) is 11.1 Å². The molecule has 0 aliphatic rings. The van der Waals surface area contributed by atoms with Gasteiger partial charge in [0.2, 0.25) is 5.91 Å². The average molecular weight is 352 g/mol. The van der Waals surface area contributed by atoms with Gasteiger partial charge in [0.25, 0.3) is 5.91 Å². The Morgan fingerprint density at radius 3 is 2.35 bits per heavy atom. The molecule has 0 saturated carbocycles. The zero-order chi connectivity index (χ0) is 19.1. The molecule has 6 heteroatoms. The molecule has 0 atom stereocenters. The second kappa shape index (κ2) is 8.80. The normalized spacial score (nSPS) is 11.3. The fourth-order valence-corrected chi connectivity index (χ4v) is 2.34. The van der Waals surface area contributed by atoms with Crippen molar-refractivity contribution in [2.24, 2.45) is 5.10 Å². The predicted molar refractivity (Wildman–Crippen MR) is 105 cm³/mol. The molecule has 0 saturated heterocycles. The van der Waals surface area contributed by atoms with Crippen LogP contribution in [0, 0.1) is 0 Å². The van der Waals surface area contributed by atoms with Gasteiger partial charge in [0.1, 0.15) is 0 Å². The Morgan fingerprint density at radius 2 is 1.73 bits per heavy atom. The molecule has 136 valence electrons. The van der Waals surface area contributed by atoms with Gasteiger partial charge < -0.3 is 11.1 Å². The number of hydrogen-bond donors (Lipinski definition) is 3. The van der Waals surface area contributed by atoms with Crippen molar-refractivity contribution in [2.45, 2.75) is 33.1 Å². The lowest BCUT2D eigenvalue weighted by Crippen LogP contribution is -2.22. The molecule has 2 rings (SSSR count). The van der Waals surface area contributed by atoms with E-state index in [1.165, 1.54) is 5.56 Å². The van der Waals surface area contributed by atoms with Gasteiger partial charge in [-0.25, -0.2) is 5.43 Å². The highest BCUT2D eigenvalue weighted by atomic mass is 16.2. The molecule has 2 aromatic rings. The molecular weight excluding hydrogens is 328 g/mol. The number of nitrogen functional groups attached to an aromatic ring is 1. The van der Waals surface area contributed by atoms with Crippen LogP contribution in [0.1, 0.15) is 49.0 Å². The predicted octanol–water partition coefficient (Wildman–Crippen LogP) is 3.53. The first-order valence-electron chi connectivity index (χ1n) is 8.44. The minimum absolute atomic E-state index is 0.0798. The summed E-state index contributed by atoms with van der Waals surface area (Å²) in [7, 11) is 0. The van der Waals surface area contributed by atoms with E-state index in [0.29, 0.717) is 22.9 Å². The number of nitrogens with one attached hydrogen (secondary N) is 2. The van der Waals surface area contributed by atoms with Gasteiger partial charge in [-0.1, -0.05) is 38.1 Å². The second-order valence-corrected chi connectivity index (χ2v) is 6.38. The highest BCUT2D eigenvalue weighted by Crippen LogP contribution is 2.17. The third-order valence-corrected chi connectivity index (χ3v) is 3.83. The Bertz CT molecular complexity index is 811. The van der Waals surface area contributed by atoms with Gasteiger partial charge in [-0.2, -0.15) is 5.10 Å². The van der Waals surface area contributed by atoms with Crippen LogP contribution < -0.4 is 16.5 Å². The van der Waals surface area contributed by atoms with Crippen LogP contribution in [-0.4, -0.2) is 17.5 Å². The molecule has 0 aromatic heterocycles. The van der Waals surface area contributed by atoms with E-state index in [1.54, 1.807) is 31.2 Å². The summed E-state index contributed by atoms with van der Waals surface area (Å²) in [6.45, 7) is 5.91. The molecule has 0 aliphatic heterocycles. The van der Waals surface area contributed by atoms with Crippen molar-refractivity contribution in [1.29, 1.82) is 0 Å². The Morgan fingerprint density at radius 1 is 1.08 bits per heavy atom. The second-order valence-electron chi connectivity index (χ2n) is 6.38. The van der Waals surface area contributed by atoms with Crippen LogP contribution in [0.5, 0.6) is 0 Å². The van der Waals surface area contributed by atoms with Gasteiger partial charge in [0, 0.05) is 17.1 Å². The molecule has 0 spiro atoms. The number of hydrazone groups is 1. The monoisotopic (exact) mass is 352 g/mol. The van der Waals surface area contributed by atoms with E-state index in [-0.39, 0.29) is 12.3 Å². The van der Waals surface area contributed by atoms with Crippen LogP contribution >= 0.6 is 0 Å². The SMILES string of the molecule is CC(CC(=O)Nc1ccc(C(C)C)cc1)=NNC(=O)c1ccccc1N. The van der Waals surface area contributed by atoms with Crippen LogP contribution in [0.4, 0.5) is 11.4 Å². The van der Waals surface area contributed by atoms with E-state index in [2.05, 4.69) is 29.7 Å². The lowest BCUT2D eigenvalue weighted by atomic mass is 10.0. The summed E-state index contributed by atoms with van der Waals surface area (Å²) in [5.41, 5.74) is 11.3. The van der Waals surface area contributed by atoms with Gasteiger partial charge in [-0.3, -0.25) is 9.59 Å². The number of rotatable bonds is 6. The molecule has 0 heterocycles. The van der Waals surface area contributed by atoms with E-state index >= 15 is 0 Å². The van der Waals surface area contributed by atoms with Crippen molar-refractivity contribution in [3.05, 3.63) is 59.7 Å². The summed E-state index contributed by atoms with van der Waals surface area (Å²) in [5.74, 6) is -0.166. The third kappa shape index (κ3) is 5.44. The Labute approximate surface area is 153 Å². The minimum Gasteiger partial charge on any atom is -0.398 e. The molecule has 0 fully saturated rings. The molecule has 26 heavy (non-hydrogen) atoms. The standard InChI is InChI=1S/C20H24N4O2/c1-13(2)15-8-10-16(11-9-15)22-19(25)12-14(3)23-24-20(26)17-6-4-5-7-18(17)21/h4-11,13H,12,21H2,1-3H3,(H,22,25)(H,24,26). The van der Waals surface area contributed by atoms with Crippen molar-refractivity contribution >= 4 is 28.9 Å². The van der Waals surface area contributed by atoms with Crippen molar-refractivity contribution < 1.29 is 9.59 Å². The molecule has 2 aromatic carbocycles. The lowest BCUT2D eigenvalue weighted by molar-refractivity contribution is -0.115. The Hall–Kier alpha value is -3.15. The number of nitrogens with zero attached hydrogens (tertiary/aromatic N) is 1. The van der Waals surface area contributed by atoms with Crippen molar-refractivity contribution in [3.8, 4) is 0 Å². The summed E-state index contributed by atoms with van der Waals surface area (Å²) in [6, 6.07) is 14.5. The van der Waals surface area contributed by atoms with Crippen LogP contribution in [0.2, 0.25) is 0 Å². The van der Waals surface area contributed by atoms with Crippen molar-refractivity contribution in [1.82, 2.24) is 5.43 Å². The average Bonchev–Trinajstić information content (AvgIpc) is 2.60. The summed E-state index contributed by atoms with van der Waals surface area (Å²) < 4.78 is 0. The van der Waals surface area contributed by atoms with Gasteiger partial charge >= 0.3 is 0 Å². The van der Waals surface area contributed by atoms with Crippen LogP contribution in [-0.2, 0) is 4.79 Å². The first-order chi connectivity index (χ1) is 12.4. The summed E-state index contributed by atoms with van der Waals surface area (Å²) >= 11 is 0. The van der Waals surface area contributed by atoms with E-state index < -0.39 is 5.91 Å². The number of para-hydroxylation sites is 1. The number of carbonyl (C=O) groups is 2. The number of anilines is 2. The number of nitrogens with two attached hydrogens (primary N) is 1.